The zero-order valence-electron chi connectivity index (χ0n) is 18.0. The summed E-state index contributed by atoms with van der Waals surface area (Å²) in [6.07, 6.45) is 3.70. The van der Waals surface area contributed by atoms with Crippen LogP contribution in [-0.2, 0) is 16.1 Å². The van der Waals surface area contributed by atoms with Gasteiger partial charge in [-0.15, -0.1) is 0 Å². The predicted molar refractivity (Wildman–Crippen MR) is 116 cm³/mol. The Morgan fingerprint density at radius 2 is 2.03 bits per heavy atom. The predicted octanol–water partition coefficient (Wildman–Crippen LogP) is 1.42. The summed E-state index contributed by atoms with van der Waals surface area (Å²) in [5.41, 5.74) is 2.22. The van der Waals surface area contributed by atoms with Crippen molar-refractivity contribution < 1.29 is 19.2 Å². The molecule has 0 radical (unpaired) electrons. The van der Waals surface area contributed by atoms with Crippen molar-refractivity contribution in [3.05, 3.63) is 47.5 Å². The van der Waals surface area contributed by atoms with E-state index in [2.05, 4.69) is 25.7 Å². The number of carbonyl (C=O) groups is 4. The van der Waals surface area contributed by atoms with E-state index in [-0.39, 0.29) is 36.6 Å². The first-order valence-electron chi connectivity index (χ1n) is 10.6. The van der Waals surface area contributed by atoms with E-state index in [0.29, 0.717) is 28.9 Å². The number of imide groups is 1. The second-order valence-corrected chi connectivity index (χ2v) is 8.38. The number of nitrogens with zero attached hydrogens (tertiary/aromatic N) is 5. The van der Waals surface area contributed by atoms with E-state index in [1.165, 1.54) is 4.90 Å². The molecule has 0 saturated carbocycles. The highest BCUT2D eigenvalue weighted by molar-refractivity contribution is 6.06. The van der Waals surface area contributed by atoms with Crippen molar-refractivity contribution in [3.63, 3.8) is 0 Å². The lowest BCUT2D eigenvalue weighted by atomic mass is 10.0. The van der Waals surface area contributed by atoms with E-state index in [0.717, 1.165) is 5.39 Å². The van der Waals surface area contributed by atoms with Crippen molar-refractivity contribution in [2.45, 2.75) is 45.3 Å². The number of amides is 4. The average Bonchev–Trinajstić information content (AvgIpc) is 3.34. The lowest BCUT2D eigenvalue weighted by Crippen LogP contribution is -2.52. The van der Waals surface area contributed by atoms with Crippen LogP contribution < -0.4 is 10.6 Å². The number of carbonyl (C=O) groups excluding carboxylic acids is 4. The van der Waals surface area contributed by atoms with Gasteiger partial charge in [-0.3, -0.25) is 24.5 Å². The molecule has 0 bridgehead atoms. The van der Waals surface area contributed by atoms with Crippen LogP contribution in [0.2, 0.25) is 0 Å². The molecule has 11 heteroatoms. The van der Waals surface area contributed by atoms with Gasteiger partial charge in [-0.1, -0.05) is 0 Å². The fourth-order valence-corrected chi connectivity index (χ4v) is 4.16. The maximum absolute atomic E-state index is 12.8. The monoisotopic (exact) mass is 447 g/mol. The fourth-order valence-electron chi connectivity index (χ4n) is 4.16. The molecule has 4 heterocycles. The Bertz CT molecular complexity index is 1330. The van der Waals surface area contributed by atoms with E-state index in [4.69, 9.17) is 0 Å². The Morgan fingerprint density at radius 1 is 1.21 bits per heavy atom. The molecule has 0 spiro atoms. The number of rotatable bonds is 4. The molecule has 2 aromatic heterocycles. The van der Waals surface area contributed by atoms with Gasteiger partial charge < -0.3 is 10.2 Å². The van der Waals surface area contributed by atoms with Gasteiger partial charge in [-0.2, -0.15) is 5.10 Å². The quantitative estimate of drug-likeness (QED) is 0.577. The molecule has 2 aliphatic heterocycles. The number of nitrogens with one attached hydrogen (secondary N) is 2. The zero-order chi connectivity index (χ0) is 23.3. The summed E-state index contributed by atoms with van der Waals surface area (Å²) in [4.78, 5) is 59.2. The Kier molecular flexibility index (Phi) is 4.88. The maximum atomic E-state index is 12.8. The molecule has 2 aliphatic rings. The summed E-state index contributed by atoms with van der Waals surface area (Å²) < 4.78 is 1.72. The minimum atomic E-state index is -0.688. The lowest BCUT2D eigenvalue weighted by Gasteiger charge is -2.29. The van der Waals surface area contributed by atoms with E-state index in [9.17, 15) is 19.2 Å². The molecule has 11 nitrogen and oxygen atoms in total. The van der Waals surface area contributed by atoms with Gasteiger partial charge in [0.1, 0.15) is 6.04 Å². The lowest BCUT2D eigenvalue weighted by molar-refractivity contribution is -0.136. The van der Waals surface area contributed by atoms with Gasteiger partial charge in [0.15, 0.2) is 5.65 Å². The van der Waals surface area contributed by atoms with Crippen LogP contribution in [0.25, 0.3) is 11.0 Å². The van der Waals surface area contributed by atoms with Gasteiger partial charge in [0.2, 0.25) is 17.6 Å². The molecule has 168 valence electrons. The number of benzene rings is 1. The highest BCUT2D eigenvalue weighted by Gasteiger charge is 2.39. The topological polar surface area (TPSA) is 139 Å². The molecule has 2 N–H and O–H groups in total. The van der Waals surface area contributed by atoms with Crippen LogP contribution in [0, 0.1) is 0 Å². The van der Waals surface area contributed by atoms with Crippen LogP contribution >= 0.6 is 0 Å². The second-order valence-electron chi connectivity index (χ2n) is 8.38. The first kappa shape index (κ1) is 20.7. The fraction of sp³-hybridized carbons (Fsp3) is 0.318. The third-order valence-corrected chi connectivity index (χ3v) is 5.81. The Morgan fingerprint density at radius 3 is 2.79 bits per heavy atom. The third kappa shape index (κ3) is 3.60. The van der Waals surface area contributed by atoms with Crippen molar-refractivity contribution in [2.75, 3.05) is 5.32 Å². The first-order valence-corrected chi connectivity index (χ1v) is 10.6. The van der Waals surface area contributed by atoms with Gasteiger partial charge in [0.05, 0.1) is 11.6 Å². The molecule has 1 unspecified atom stereocenters. The molecule has 1 aromatic carbocycles. The van der Waals surface area contributed by atoms with E-state index in [1.54, 1.807) is 35.3 Å². The van der Waals surface area contributed by atoms with Crippen LogP contribution in [0.3, 0.4) is 0 Å². The third-order valence-electron chi connectivity index (χ3n) is 5.81. The Hall–Kier alpha value is -4.15. The van der Waals surface area contributed by atoms with E-state index < -0.39 is 17.9 Å². The second kappa shape index (κ2) is 7.76. The normalized spacial score (nSPS) is 18.1. The minimum absolute atomic E-state index is 0.00615. The summed E-state index contributed by atoms with van der Waals surface area (Å²) in [5.74, 6) is -1.55. The number of aromatic nitrogens is 4. The van der Waals surface area contributed by atoms with Gasteiger partial charge >= 0.3 is 0 Å². The number of anilines is 1. The Labute approximate surface area is 188 Å². The van der Waals surface area contributed by atoms with Crippen molar-refractivity contribution in [2.24, 2.45) is 0 Å². The van der Waals surface area contributed by atoms with Crippen molar-refractivity contribution >= 4 is 40.3 Å². The molecule has 1 saturated heterocycles. The molecule has 0 aliphatic carbocycles. The molecule has 5 rings (SSSR count). The summed E-state index contributed by atoms with van der Waals surface area (Å²) >= 11 is 0. The molecule has 1 atom stereocenters. The summed E-state index contributed by atoms with van der Waals surface area (Å²) in [6.45, 7) is 4.16. The molecular formula is C22H21N7O4. The van der Waals surface area contributed by atoms with E-state index in [1.807, 2.05) is 13.8 Å². The highest BCUT2D eigenvalue weighted by atomic mass is 16.2. The summed E-state index contributed by atoms with van der Waals surface area (Å²) in [5, 5.41) is 10.1. The standard InChI is InChI=1S/C22H21N7O4/c1-11(2)29-19-13(9-24-29)8-23-18(27-19)21(32)25-14-3-4-15-12(7-14)10-28(22(15)33)16-5-6-17(30)26-20(16)31/h3-4,7-9,11,16H,5-6,10H2,1-2H3,(H,25,32)(H,26,30,31). The Balaban J connectivity index is 1.35. The van der Waals surface area contributed by atoms with Crippen LogP contribution in [0.15, 0.2) is 30.6 Å². The highest BCUT2D eigenvalue weighted by Crippen LogP contribution is 2.29. The summed E-state index contributed by atoms with van der Waals surface area (Å²) in [6, 6.07) is 4.34. The van der Waals surface area contributed by atoms with E-state index >= 15 is 0 Å². The number of fused-ring (bicyclic) bond motifs is 2. The van der Waals surface area contributed by atoms with Crippen LogP contribution in [0.4, 0.5) is 5.69 Å². The summed E-state index contributed by atoms with van der Waals surface area (Å²) in [7, 11) is 0. The van der Waals surface area contributed by atoms with Crippen molar-refractivity contribution in [1.82, 2.24) is 30.0 Å². The maximum Gasteiger partial charge on any atom is 0.293 e. The van der Waals surface area contributed by atoms with Crippen LogP contribution in [0.1, 0.15) is 59.3 Å². The van der Waals surface area contributed by atoms with Gasteiger partial charge in [-0.25, -0.2) is 14.6 Å². The average molecular weight is 447 g/mol. The number of hydrogen-bond acceptors (Lipinski definition) is 7. The molecule has 3 aromatic rings. The largest absolute Gasteiger partial charge is 0.322 e. The van der Waals surface area contributed by atoms with Crippen molar-refractivity contribution in [3.8, 4) is 0 Å². The molecular weight excluding hydrogens is 426 g/mol. The van der Waals surface area contributed by atoms with Gasteiger partial charge in [0, 0.05) is 36.5 Å². The van der Waals surface area contributed by atoms with Crippen molar-refractivity contribution in [1.29, 1.82) is 0 Å². The first-order chi connectivity index (χ1) is 15.8. The smallest absolute Gasteiger partial charge is 0.293 e. The number of hydrogen-bond donors (Lipinski definition) is 2. The molecule has 33 heavy (non-hydrogen) atoms. The van der Waals surface area contributed by atoms with Gasteiger partial charge in [-0.05, 0) is 44.0 Å². The molecule has 4 amide bonds. The zero-order valence-corrected chi connectivity index (χ0v) is 18.0. The minimum Gasteiger partial charge on any atom is -0.322 e. The SMILES string of the molecule is CC(C)n1ncc2cnc(C(=O)Nc3ccc4c(c3)CN(C3CCC(=O)NC3=O)C4=O)nc21. The van der Waals surface area contributed by atoms with Gasteiger partial charge in [0.25, 0.3) is 11.8 Å². The molecule has 1 fully saturated rings. The van der Waals surface area contributed by atoms with Crippen LogP contribution in [-0.4, -0.2) is 54.3 Å². The number of piperidine rings is 1. The van der Waals surface area contributed by atoms with Crippen LogP contribution in [0.5, 0.6) is 0 Å².